The number of hydrogen-bond donors (Lipinski definition) is 7. The van der Waals surface area contributed by atoms with Gasteiger partial charge in [-0.1, -0.05) is 13.8 Å². The number of rotatable bonds is 14. The molecule has 0 saturated heterocycles. The molecule has 3 amide bonds. The zero-order chi connectivity index (χ0) is 24.3. The highest BCUT2D eigenvalue weighted by Gasteiger charge is 2.29. The highest BCUT2D eigenvalue weighted by molar-refractivity contribution is 5.94. The number of hydrogen-bond acceptors (Lipinski definition) is 7. The highest BCUT2D eigenvalue weighted by atomic mass is 16.4. The van der Waals surface area contributed by atoms with E-state index < -0.39 is 79.1 Å². The first-order chi connectivity index (χ1) is 14.3. The van der Waals surface area contributed by atoms with Gasteiger partial charge in [-0.2, -0.15) is 0 Å². The Hall–Kier alpha value is -3.22. The van der Waals surface area contributed by atoms with E-state index in [0.29, 0.717) is 0 Å². The summed E-state index contributed by atoms with van der Waals surface area (Å²) in [5.74, 6) is -6.59. The molecule has 0 aliphatic heterocycles. The molecule has 4 unspecified atom stereocenters. The Morgan fingerprint density at radius 2 is 1.16 bits per heavy atom. The van der Waals surface area contributed by atoms with Gasteiger partial charge in [0.1, 0.15) is 18.1 Å². The topological polar surface area (TPSA) is 225 Å². The molecule has 0 radical (unpaired) electrons. The molecule has 0 aliphatic rings. The number of nitrogens with two attached hydrogens (primary N) is 1. The van der Waals surface area contributed by atoms with Crippen molar-refractivity contribution in [3.8, 4) is 0 Å². The van der Waals surface area contributed by atoms with Gasteiger partial charge in [0.25, 0.3) is 0 Å². The molecule has 13 nitrogen and oxygen atoms in total. The molecule has 0 aliphatic carbocycles. The van der Waals surface area contributed by atoms with Gasteiger partial charge in [0.15, 0.2) is 0 Å². The second-order valence-electron chi connectivity index (χ2n) is 7.33. The van der Waals surface area contributed by atoms with Crippen LogP contribution in [0.2, 0.25) is 0 Å². The highest BCUT2D eigenvalue weighted by Crippen LogP contribution is 2.04. The molecule has 0 aromatic rings. The summed E-state index contributed by atoms with van der Waals surface area (Å²) in [6.07, 6.45) is -1.80. The van der Waals surface area contributed by atoms with Crippen LogP contribution in [0.5, 0.6) is 0 Å². The molecule has 176 valence electrons. The van der Waals surface area contributed by atoms with Crippen molar-refractivity contribution in [1.29, 1.82) is 0 Å². The van der Waals surface area contributed by atoms with Crippen molar-refractivity contribution in [2.24, 2.45) is 11.7 Å². The Morgan fingerprint density at radius 1 is 0.710 bits per heavy atom. The molecular weight excluding hydrogens is 416 g/mol. The summed E-state index contributed by atoms with van der Waals surface area (Å²) in [7, 11) is 0. The average molecular weight is 446 g/mol. The molecule has 8 N–H and O–H groups in total. The van der Waals surface area contributed by atoms with Crippen molar-refractivity contribution in [3.63, 3.8) is 0 Å². The summed E-state index contributed by atoms with van der Waals surface area (Å²) in [4.78, 5) is 69.6. The first kappa shape index (κ1) is 27.8. The third-order valence-electron chi connectivity index (χ3n) is 4.31. The van der Waals surface area contributed by atoms with Gasteiger partial charge >= 0.3 is 17.9 Å². The lowest BCUT2D eigenvalue weighted by molar-refractivity contribution is -0.144. The zero-order valence-corrected chi connectivity index (χ0v) is 17.6. The molecule has 0 aromatic carbocycles. The van der Waals surface area contributed by atoms with E-state index in [1.54, 1.807) is 13.8 Å². The van der Waals surface area contributed by atoms with E-state index in [-0.39, 0.29) is 12.3 Å². The lowest BCUT2D eigenvalue weighted by Crippen LogP contribution is -2.56. The van der Waals surface area contributed by atoms with Gasteiger partial charge in [0.05, 0.1) is 6.04 Å². The molecule has 0 fully saturated rings. The minimum atomic E-state index is -1.55. The second kappa shape index (κ2) is 13.2. The number of carbonyl (C=O) groups excluding carboxylic acids is 3. The van der Waals surface area contributed by atoms with Crippen LogP contribution >= 0.6 is 0 Å². The van der Waals surface area contributed by atoms with E-state index in [4.69, 9.17) is 21.1 Å². The summed E-state index contributed by atoms with van der Waals surface area (Å²) in [6.45, 7) is 4.76. The number of carboxylic acids is 3. The van der Waals surface area contributed by atoms with Gasteiger partial charge in [-0.25, -0.2) is 4.79 Å². The number of carboxylic acid groups (broad SMARTS) is 3. The predicted molar refractivity (Wildman–Crippen MR) is 106 cm³/mol. The molecule has 0 spiro atoms. The molecule has 0 aromatic heterocycles. The number of amides is 3. The Kier molecular flexibility index (Phi) is 11.8. The Morgan fingerprint density at radius 3 is 1.58 bits per heavy atom. The van der Waals surface area contributed by atoms with Crippen LogP contribution in [-0.4, -0.2) is 75.1 Å². The van der Waals surface area contributed by atoms with E-state index in [2.05, 4.69) is 16.0 Å². The van der Waals surface area contributed by atoms with Crippen molar-refractivity contribution < 1.29 is 44.1 Å². The van der Waals surface area contributed by atoms with Crippen LogP contribution in [0, 0.1) is 5.92 Å². The number of carbonyl (C=O) groups is 6. The Labute approximate surface area is 178 Å². The van der Waals surface area contributed by atoms with E-state index >= 15 is 0 Å². The maximum absolute atomic E-state index is 12.5. The van der Waals surface area contributed by atoms with Crippen molar-refractivity contribution in [1.82, 2.24) is 16.0 Å². The van der Waals surface area contributed by atoms with Crippen molar-refractivity contribution in [2.45, 2.75) is 70.6 Å². The van der Waals surface area contributed by atoms with Crippen LogP contribution in [-0.2, 0) is 28.8 Å². The lowest BCUT2D eigenvalue weighted by Gasteiger charge is -2.24. The zero-order valence-electron chi connectivity index (χ0n) is 17.6. The van der Waals surface area contributed by atoms with Crippen LogP contribution in [0.4, 0.5) is 0 Å². The quantitative estimate of drug-likeness (QED) is 0.159. The average Bonchev–Trinajstić information content (AvgIpc) is 2.66. The maximum Gasteiger partial charge on any atom is 0.326 e. The fourth-order valence-electron chi connectivity index (χ4n) is 2.31. The predicted octanol–water partition coefficient (Wildman–Crippen LogP) is -1.74. The molecule has 4 atom stereocenters. The first-order valence-corrected chi connectivity index (χ1v) is 9.59. The minimum Gasteiger partial charge on any atom is -0.481 e. The molecule has 31 heavy (non-hydrogen) atoms. The van der Waals surface area contributed by atoms with Crippen LogP contribution in [0.25, 0.3) is 0 Å². The SMILES string of the molecule is CC(NC(=O)C(N)C(C)C)C(=O)NC(CCC(=O)O)C(=O)NC(CCC(=O)O)C(=O)O. The second-order valence-corrected chi connectivity index (χ2v) is 7.33. The van der Waals surface area contributed by atoms with Gasteiger partial charge in [-0.15, -0.1) is 0 Å². The lowest BCUT2D eigenvalue weighted by atomic mass is 10.0. The molecule has 0 heterocycles. The van der Waals surface area contributed by atoms with E-state index in [9.17, 15) is 28.8 Å². The molecular formula is C18H30N4O9. The Bertz CT molecular complexity index is 696. The van der Waals surface area contributed by atoms with Gasteiger partial charge in [0, 0.05) is 12.8 Å². The van der Waals surface area contributed by atoms with Crippen molar-refractivity contribution in [3.05, 3.63) is 0 Å². The monoisotopic (exact) mass is 446 g/mol. The summed E-state index contributed by atoms with van der Waals surface area (Å²) in [5, 5.41) is 33.5. The number of nitrogens with one attached hydrogen (secondary N) is 3. The van der Waals surface area contributed by atoms with E-state index in [1.807, 2.05) is 0 Å². The van der Waals surface area contributed by atoms with Gasteiger partial charge in [-0.3, -0.25) is 24.0 Å². The normalized spacial score (nSPS) is 14.6. The fraction of sp³-hybridized carbons (Fsp3) is 0.667. The van der Waals surface area contributed by atoms with E-state index in [1.165, 1.54) is 6.92 Å². The smallest absolute Gasteiger partial charge is 0.326 e. The van der Waals surface area contributed by atoms with Gasteiger partial charge < -0.3 is 37.0 Å². The van der Waals surface area contributed by atoms with E-state index in [0.717, 1.165) is 0 Å². The standard InChI is InChI=1S/C18H30N4O9/c1-8(2)14(19)17(29)20-9(3)15(27)21-10(4-6-12(23)24)16(28)22-11(18(30)31)5-7-13(25)26/h8-11,14H,4-7,19H2,1-3H3,(H,20,29)(H,21,27)(H,22,28)(H,23,24)(H,25,26)(H,30,31). The van der Waals surface area contributed by atoms with Crippen LogP contribution in [0.15, 0.2) is 0 Å². The minimum absolute atomic E-state index is 0.192. The molecule has 13 heteroatoms. The third kappa shape index (κ3) is 10.9. The largest absolute Gasteiger partial charge is 0.481 e. The third-order valence-corrected chi connectivity index (χ3v) is 4.31. The van der Waals surface area contributed by atoms with Crippen LogP contribution < -0.4 is 21.7 Å². The van der Waals surface area contributed by atoms with Gasteiger partial charge in [-0.05, 0) is 25.7 Å². The van der Waals surface area contributed by atoms with Gasteiger partial charge in [0.2, 0.25) is 17.7 Å². The summed E-state index contributed by atoms with van der Waals surface area (Å²) in [5.41, 5.74) is 5.70. The fourth-order valence-corrected chi connectivity index (χ4v) is 2.31. The molecule has 0 bridgehead atoms. The number of aliphatic carboxylic acids is 3. The maximum atomic E-state index is 12.5. The van der Waals surface area contributed by atoms with Crippen molar-refractivity contribution >= 4 is 35.6 Å². The molecule has 0 saturated carbocycles. The van der Waals surface area contributed by atoms with Crippen molar-refractivity contribution in [2.75, 3.05) is 0 Å². The Balaban J connectivity index is 5.22. The summed E-state index contributed by atoms with van der Waals surface area (Å²) >= 11 is 0. The first-order valence-electron chi connectivity index (χ1n) is 9.59. The summed E-state index contributed by atoms with van der Waals surface area (Å²) in [6, 6.07) is -4.95. The van der Waals surface area contributed by atoms with Crippen LogP contribution in [0.3, 0.4) is 0 Å². The molecule has 0 rings (SSSR count). The van der Waals surface area contributed by atoms with Crippen LogP contribution in [0.1, 0.15) is 46.5 Å². The summed E-state index contributed by atoms with van der Waals surface area (Å²) < 4.78 is 0.